The monoisotopic (exact) mass is 361 g/mol. The minimum Gasteiger partial charge on any atom is -0.494 e. The van der Waals surface area contributed by atoms with E-state index in [1.165, 1.54) is 19.3 Å². The maximum Gasteiger partial charge on any atom is 0.119 e. The molecule has 0 radical (unpaired) electrons. The Balaban J connectivity index is 1.69. The van der Waals surface area contributed by atoms with Crippen LogP contribution in [0.2, 0.25) is 5.02 Å². The Bertz CT molecular complexity index is 598. The maximum absolute atomic E-state index is 5.88. The van der Waals surface area contributed by atoms with Gasteiger partial charge in [0.15, 0.2) is 0 Å². The first-order valence-electron chi connectivity index (χ1n) is 9.06. The van der Waals surface area contributed by atoms with Gasteiger partial charge in [-0.3, -0.25) is 0 Å². The van der Waals surface area contributed by atoms with Gasteiger partial charge in [-0.2, -0.15) is 0 Å². The summed E-state index contributed by atoms with van der Waals surface area (Å²) in [4.78, 5) is 0. The highest BCUT2D eigenvalue weighted by Crippen LogP contribution is 2.18. The maximum atomic E-state index is 5.88. The van der Waals surface area contributed by atoms with Crippen LogP contribution in [0, 0.1) is 0 Å². The van der Waals surface area contributed by atoms with Gasteiger partial charge < -0.3 is 14.8 Å². The van der Waals surface area contributed by atoms with Crippen LogP contribution >= 0.6 is 11.6 Å². The van der Waals surface area contributed by atoms with Gasteiger partial charge in [-0.15, -0.1) is 0 Å². The quantitative estimate of drug-likeness (QED) is 0.485. The number of benzene rings is 2. The zero-order valence-electron chi connectivity index (χ0n) is 15.1. The number of anilines is 1. The van der Waals surface area contributed by atoms with Crippen LogP contribution in [0.3, 0.4) is 0 Å². The molecule has 0 fully saturated rings. The molecular weight excluding hydrogens is 334 g/mol. The molecule has 1 unspecified atom stereocenters. The van der Waals surface area contributed by atoms with Crippen LogP contribution in [-0.2, 0) is 0 Å². The molecular formula is C21H28ClNO2. The minimum atomic E-state index is 0.0515. The predicted molar refractivity (Wildman–Crippen MR) is 106 cm³/mol. The van der Waals surface area contributed by atoms with Gasteiger partial charge in [-0.25, -0.2) is 0 Å². The van der Waals surface area contributed by atoms with Crippen LogP contribution in [-0.4, -0.2) is 19.3 Å². The third-order valence-electron chi connectivity index (χ3n) is 3.87. The second kappa shape index (κ2) is 10.9. The molecule has 0 saturated heterocycles. The van der Waals surface area contributed by atoms with Crippen molar-refractivity contribution in [1.29, 1.82) is 0 Å². The highest BCUT2D eigenvalue weighted by Gasteiger charge is 2.04. The summed E-state index contributed by atoms with van der Waals surface area (Å²) < 4.78 is 11.6. The van der Waals surface area contributed by atoms with E-state index in [2.05, 4.69) is 12.2 Å². The second-order valence-corrected chi connectivity index (χ2v) is 6.63. The van der Waals surface area contributed by atoms with Crippen molar-refractivity contribution in [2.45, 2.75) is 45.6 Å². The largest absolute Gasteiger partial charge is 0.494 e. The zero-order valence-corrected chi connectivity index (χ0v) is 15.9. The van der Waals surface area contributed by atoms with E-state index >= 15 is 0 Å². The van der Waals surface area contributed by atoms with Crippen LogP contribution in [0.1, 0.15) is 39.5 Å². The number of unbranched alkanes of at least 4 members (excludes halogenated alkanes) is 3. The normalized spacial score (nSPS) is 11.8. The smallest absolute Gasteiger partial charge is 0.119 e. The van der Waals surface area contributed by atoms with Crippen molar-refractivity contribution < 1.29 is 9.47 Å². The number of ether oxygens (including phenoxy) is 2. The Morgan fingerprint density at radius 3 is 2.28 bits per heavy atom. The lowest BCUT2D eigenvalue weighted by atomic mass is 10.2. The summed E-state index contributed by atoms with van der Waals surface area (Å²) in [7, 11) is 0. The number of rotatable bonds is 11. The standard InChI is InChI=1S/C21H28ClNO2/c1-3-4-5-6-15-24-20-13-9-19(10-14-20)23-16-17(2)25-21-11-7-18(22)8-12-21/h7-14,17,23H,3-6,15-16H2,1-2H3. The lowest BCUT2D eigenvalue weighted by molar-refractivity contribution is 0.235. The van der Waals surface area contributed by atoms with Gasteiger partial charge in [0.1, 0.15) is 17.6 Å². The average molecular weight is 362 g/mol. The van der Waals surface area contributed by atoms with E-state index in [9.17, 15) is 0 Å². The third-order valence-corrected chi connectivity index (χ3v) is 4.12. The van der Waals surface area contributed by atoms with Gasteiger partial charge in [0, 0.05) is 10.7 Å². The molecule has 25 heavy (non-hydrogen) atoms. The van der Waals surface area contributed by atoms with E-state index < -0.39 is 0 Å². The van der Waals surface area contributed by atoms with Crippen molar-refractivity contribution >= 4 is 17.3 Å². The predicted octanol–water partition coefficient (Wildman–Crippen LogP) is 6.18. The van der Waals surface area contributed by atoms with Crippen LogP contribution in [0.4, 0.5) is 5.69 Å². The van der Waals surface area contributed by atoms with Crippen molar-refractivity contribution in [2.75, 3.05) is 18.5 Å². The summed E-state index contributed by atoms with van der Waals surface area (Å²) in [5.41, 5.74) is 1.06. The fourth-order valence-electron chi connectivity index (χ4n) is 2.44. The van der Waals surface area contributed by atoms with Gasteiger partial charge in [0.2, 0.25) is 0 Å². The molecule has 1 atom stereocenters. The summed E-state index contributed by atoms with van der Waals surface area (Å²) in [6.45, 7) is 5.77. The summed E-state index contributed by atoms with van der Waals surface area (Å²) >= 11 is 5.88. The first-order valence-corrected chi connectivity index (χ1v) is 9.44. The molecule has 0 amide bonds. The lowest BCUT2D eigenvalue weighted by Gasteiger charge is -2.16. The Morgan fingerprint density at radius 2 is 1.60 bits per heavy atom. The van der Waals surface area contributed by atoms with Gasteiger partial charge in [0.05, 0.1) is 13.2 Å². The van der Waals surface area contributed by atoms with Gasteiger partial charge in [0.25, 0.3) is 0 Å². The number of nitrogens with one attached hydrogen (secondary N) is 1. The number of hydrogen-bond donors (Lipinski definition) is 1. The molecule has 3 nitrogen and oxygen atoms in total. The summed E-state index contributed by atoms with van der Waals surface area (Å²) in [5.74, 6) is 1.75. The Kier molecular flexibility index (Phi) is 8.47. The number of hydrogen-bond acceptors (Lipinski definition) is 3. The third kappa shape index (κ3) is 7.70. The molecule has 0 aliphatic heterocycles. The molecule has 1 N–H and O–H groups in total. The Labute approximate surface area is 156 Å². The first kappa shape index (κ1) is 19.5. The molecule has 2 rings (SSSR count). The van der Waals surface area contributed by atoms with Crippen LogP contribution in [0.5, 0.6) is 11.5 Å². The van der Waals surface area contributed by atoms with Crippen molar-refractivity contribution in [2.24, 2.45) is 0 Å². The topological polar surface area (TPSA) is 30.5 Å². The molecule has 2 aromatic rings. The fourth-order valence-corrected chi connectivity index (χ4v) is 2.56. The summed E-state index contributed by atoms with van der Waals surface area (Å²) in [6.07, 6.45) is 4.94. The van der Waals surface area contributed by atoms with Crippen molar-refractivity contribution in [3.8, 4) is 11.5 Å². The van der Waals surface area contributed by atoms with Crippen LogP contribution in [0.25, 0.3) is 0 Å². The van der Waals surface area contributed by atoms with E-state index in [1.54, 1.807) is 0 Å². The molecule has 0 saturated carbocycles. The molecule has 136 valence electrons. The van der Waals surface area contributed by atoms with Crippen molar-refractivity contribution in [1.82, 2.24) is 0 Å². The summed E-state index contributed by atoms with van der Waals surface area (Å²) in [6, 6.07) is 15.5. The Hall–Kier alpha value is -1.87. The van der Waals surface area contributed by atoms with Gasteiger partial charge >= 0.3 is 0 Å². The lowest BCUT2D eigenvalue weighted by Crippen LogP contribution is -2.22. The number of halogens is 1. The highest BCUT2D eigenvalue weighted by atomic mass is 35.5. The van der Waals surface area contributed by atoms with Crippen molar-refractivity contribution in [3.63, 3.8) is 0 Å². The molecule has 2 aromatic carbocycles. The van der Waals surface area contributed by atoms with E-state index in [-0.39, 0.29) is 6.10 Å². The van der Waals surface area contributed by atoms with E-state index in [0.717, 1.165) is 36.8 Å². The van der Waals surface area contributed by atoms with E-state index in [0.29, 0.717) is 5.02 Å². The second-order valence-electron chi connectivity index (χ2n) is 6.20. The molecule has 0 aliphatic carbocycles. The van der Waals surface area contributed by atoms with Gasteiger partial charge in [-0.05, 0) is 61.9 Å². The molecule has 0 heterocycles. The molecule has 0 aliphatic rings. The van der Waals surface area contributed by atoms with Crippen molar-refractivity contribution in [3.05, 3.63) is 53.6 Å². The first-order chi connectivity index (χ1) is 12.2. The SMILES string of the molecule is CCCCCCOc1ccc(NCC(C)Oc2ccc(Cl)cc2)cc1. The molecule has 0 bridgehead atoms. The molecule has 4 heteroatoms. The average Bonchev–Trinajstić information content (AvgIpc) is 2.63. The summed E-state index contributed by atoms with van der Waals surface area (Å²) in [5, 5.41) is 4.09. The van der Waals surface area contributed by atoms with Crippen LogP contribution < -0.4 is 14.8 Å². The van der Waals surface area contributed by atoms with Crippen LogP contribution in [0.15, 0.2) is 48.5 Å². The minimum absolute atomic E-state index is 0.0515. The highest BCUT2D eigenvalue weighted by molar-refractivity contribution is 6.30. The fraction of sp³-hybridized carbons (Fsp3) is 0.429. The van der Waals surface area contributed by atoms with Gasteiger partial charge in [-0.1, -0.05) is 37.8 Å². The Morgan fingerprint density at radius 1 is 0.920 bits per heavy atom. The molecule has 0 spiro atoms. The molecule has 0 aromatic heterocycles. The zero-order chi connectivity index (χ0) is 17.9. The van der Waals surface area contributed by atoms with E-state index in [4.69, 9.17) is 21.1 Å². The van der Waals surface area contributed by atoms with E-state index in [1.807, 2.05) is 55.5 Å².